The van der Waals surface area contributed by atoms with Crippen LogP contribution in [0.1, 0.15) is 58.8 Å². The number of hydrogen-bond acceptors (Lipinski definition) is 6. The standard InChI is InChI=1S/C24H30O6/c1-22-7-4-13(25)10-12(22)11-14(21(27)28-3)17-15-5-8-24(9-6-16(26)30-24)23(15,2)20-19(29-20)18(17)22/h11,14-15,17-20H,4-10H2,1-3H3/t14-,15?,17?,18?,19+,20?,22+,23-,24?/m1/s1. The van der Waals surface area contributed by atoms with Gasteiger partial charge < -0.3 is 14.2 Å². The molecule has 3 saturated carbocycles. The van der Waals surface area contributed by atoms with Crippen LogP contribution in [0.2, 0.25) is 0 Å². The van der Waals surface area contributed by atoms with Gasteiger partial charge in [0.25, 0.3) is 0 Å². The molecule has 0 bridgehead atoms. The van der Waals surface area contributed by atoms with Crippen molar-refractivity contribution in [2.75, 3.05) is 7.11 Å². The fourth-order valence-corrected chi connectivity index (χ4v) is 8.53. The van der Waals surface area contributed by atoms with E-state index in [1.54, 1.807) is 0 Å². The summed E-state index contributed by atoms with van der Waals surface area (Å²) in [6.07, 6.45) is 7.04. The van der Waals surface area contributed by atoms with Gasteiger partial charge in [-0.2, -0.15) is 0 Å². The van der Waals surface area contributed by atoms with Crippen molar-refractivity contribution in [2.24, 2.45) is 34.5 Å². The zero-order valence-electron chi connectivity index (χ0n) is 17.9. The predicted molar refractivity (Wildman–Crippen MR) is 105 cm³/mol. The topological polar surface area (TPSA) is 82.2 Å². The Bertz CT molecular complexity index is 892. The summed E-state index contributed by atoms with van der Waals surface area (Å²) in [6.45, 7) is 4.52. The minimum Gasteiger partial charge on any atom is -0.469 e. The lowest BCUT2D eigenvalue weighted by Gasteiger charge is -2.57. The Morgan fingerprint density at radius 2 is 1.97 bits per heavy atom. The smallest absolute Gasteiger partial charge is 0.312 e. The number of carbonyl (C=O) groups is 3. The maximum Gasteiger partial charge on any atom is 0.312 e. The summed E-state index contributed by atoms with van der Waals surface area (Å²) in [5.74, 6) is 0.0844. The van der Waals surface area contributed by atoms with Crippen molar-refractivity contribution in [1.29, 1.82) is 0 Å². The van der Waals surface area contributed by atoms with Crippen molar-refractivity contribution in [1.82, 2.24) is 0 Å². The molecular weight excluding hydrogens is 384 g/mol. The monoisotopic (exact) mass is 414 g/mol. The fraction of sp³-hybridized carbons (Fsp3) is 0.792. The van der Waals surface area contributed by atoms with E-state index in [-0.39, 0.29) is 64.4 Å². The fourth-order valence-electron chi connectivity index (χ4n) is 8.53. The third-order valence-electron chi connectivity index (χ3n) is 10.1. The quantitative estimate of drug-likeness (QED) is 0.373. The average molecular weight is 414 g/mol. The number of esters is 2. The molecule has 5 unspecified atom stereocenters. The molecule has 9 atom stereocenters. The van der Waals surface area contributed by atoms with Gasteiger partial charge in [0.05, 0.1) is 25.2 Å². The molecule has 0 aromatic rings. The molecule has 5 fully saturated rings. The van der Waals surface area contributed by atoms with E-state index in [2.05, 4.69) is 19.9 Å². The maximum atomic E-state index is 13.0. The average Bonchev–Trinajstić information content (AvgIpc) is 3.35. The van der Waals surface area contributed by atoms with Crippen LogP contribution in [0.4, 0.5) is 0 Å². The lowest BCUT2D eigenvalue weighted by Crippen LogP contribution is -2.61. The number of epoxide rings is 1. The number of methoxy groups -OCH3 is 1. The van der Waals surface area contributed by atoms with Gasteiger partial charge in [0.2, 0.25) is 0 Å². The van der Waals surface area contributed by atoms with Crippen LogP contribution in [0, 0.1) is 34.5 Å². The largest absolute Gasteiger partial charge is 0.469 e. The van der Waals surface area contributed by atoms with Crippen LogP contribution in [0.5, 0.6) is 0 Å². The summed E-state index contributed by atoms with van der Waals surface area (Å²) in [6, 6.07) is 0. The van der Waals surface area contributed by atoms with E-state index in [0.29, 0.717) is 19.3 Å². The molecule has 0 aromatic heterocycles. The molecule has 2 heterocycles. The Kier molecular flexibility index (Phi) is 3.65. The molecule has 2 aliphatic heterocycles. The second-order valence-electron chi connectivity index (χ2n) is 10.9. The minimum absolute atomic E-state index is 0.0552. The lowest BCUT2D eigenvalue weighted by molar-refractivity contribution is -0.170. The van der Waals surface area contributed by atoms with E-state index in [9.17, 15) is 14.4 Å². The third-order valence-corrected chi connectivity index (χ3v) is 10.1. The first kappa shape index (κ1) is 19.0. The van der Waals surface area contributed by atoms with Gasteiger partial charge in [-0.05, 0) is 42.9 Å². The predicted octanol–water partition coefficient (Wildman–Crippen LogP) is 2.98. The number of ketones is 1. The second kappa shape index (κ2) is 5.76. The van der Waals surface area contributed by atoms with Gasteiger partial charge >= 0.3 is 11.9 Å². The zero-order valence-corrected chi connectivity index (χ0v) is 17.9. The van der Waals surface area contributed by atoms with E-state index in [0.717, 1.165) is 31.3 Å². The Hall–Kier alpha value is -1.69. The molecule has 2 saturated heterocycles. The number of carbonyl (C=O) groups excluding carboxylic acids is 3. The van der Waals surface area contributed by atoms with Gasteiger partial charge in [0.15, 0.2) is 0 Å². The summed E-state index contributed by atoms with van der Waals surface area (Å²) in [5.41, 5.74) is 0.246. The molecule has 162 valence electrons. The van der Waals surface area contributed by atoms with Gasteiger partial charge in [0, 0.05) is 30.6 Å². The van der Waals surface area contributed by atoms with Crippen LogP contribution in [0.25, 0.3) is 0 Å². The Labute approximate surface area is 176 Å². The number of fused-ring (bicyclic) bond motifs is 9. The summed E-state index contributed by atoms with van der Waals surface area (Å²) in [5, 5.41) is 0. The molecule has 0 N–H and O–H groups in total. The lowest BCUT2D eigenvalue weighted by atomic mass is 9.45. The second-order valence-corrected chi connectivity index (χ2v) is 10.9. The number of Topliss-reactive ketones (excluding diaryl/α,β-unsaturated/α-hetero) is 1. The Balaban J connectivity index is 1.49. The van der Waals surface area contributed by atoms with Crippen LogP contribution in [-0.2, 0) is 28.6 Å². The molecule has 4 aliphatic carbocycles. The molecule has 6 nitrogen and oxygen atoms in total. The third kappa shape index (κ3) is 2.07. The summed E-state index contributed by atoms with van der Waals surface area (Å²) in [4.78, 5) is 37.4. The molecule has 0 amide bonds. The van der Waals surface area contributed by atoms with Gasteiger partial charge in [0.1, 0.15) is 11.4 Å². The molecule has 30 heavy (non-hydrogen) atoms. The van der Waals surface area contributed by atoms with Crippen molar-refractivity contribution in [3.8, 4) is 0 Å². The van der Waals surface area contributed by atoms with Crippen molar-refractivity contribution in [3.05, 3.63) is 11.6 Å². The van der Waals surface area contributed by atoms with Crippen LogP contribution >= 0.6 is 0 Å². The molecule has 1 spiro atoms. The highest BCUT2D eigenvalue weighted by Crippen LogP contribution is 2.74. The highest BCUT2D eigenvalue weighted by molar-refractivity contribution is 5.84. The van der Waals surface area contributed by atoms with E-state index in [1.165, 1.54) is 7.11 Å². The Morgan fingerprint density at radius 3 is 2.67 bits per heavy atom. The highest BCUT2D eigenvalue weighted by atomic mass is 16.6. The van der Waals surface area contributed by atoms with Gasteiger partial charge in [-0.3, -0.25) is 14.4 Å². The van der Waals surface area contributed by atoms with Crippen molar-refractivity contribution < 1.29 is 28.6 Å². The van der Waals surface area contributed by atoms with Crippen molar-refractivity contribution in [2.45, 2.75) is 76.6 Å². The maximum absolute atomic E-state index is 13.0. The molecule has 0 radical (unpaired) electrons. The molecule has 0 aromatic carbocycles. The zero-order chi connectivity index (χ0) is 21.1. The minimum atomic E-state index is -0.465. The number of hydrogen-bond donors (Lipinski definition) is 0. The first-order chi connectivity index (χ1) is 14.2. The SMILES string of the molecule is COC(=O)[C@@H]1C=C2CC(=O)CC[C@]2(C)C2C1C1CCC3(CCC(=O)O3)[C@@]1(C)C1O[C@H]12. The van der Waals surface area contributed by atoms with Crippen LogP contribution in [0.15, 0.2) is 11.6 Å². The highest BCUT2D eigenvalue weighted by Gasteiger charge is 2.79. The van der Waals surface area contributed by atoms with Gasteiger partial charge in [-0.25, -0.2) is 0 Å². The first-order valence-corrected chi connectivity index (χ1v) is 11.4. The van der Waals surface area contributed by atoms with E-state index in [1.807, 2.05) is 0 Å². The number of ether oxygens (including phenoxy) is 3. The number of allylic oxidation sites excluding steroid dienone is 1. The van der Waals surface area contributed by atoms with E-state index >= 15 is 0 Å². The Morgan fingerprint density at radius 1 is 1.17 bits per heavy atom. The van der Waals surface area contributed by atoms with E-state index < -0.39 is 5.60 Å². The molecule has 6 aliphatic rings. The van der Waals surface area contributed by atoms with Crippen LogP contribution < -0.4 is 0 Å². The van der Waals surface area contributed by atoms with Crippen LogP contribution in [0.3, 0.4) is 0 Å². The van der Waals surface area contributed by atoms with Gasteiger partial charge in [-0.15, -0.1) is 0 Å². The van der Waals surface area contributed by atoms with Crippen molar-refractivity contribution >= 4 is 17.7 Å². The first-order valence-electron chi connectivity index (χ1n) is 11.4. The van der Waals surface area contributed by atoms with Crippen LogP contribution in [-0.4, -0.2) is 42.6 Å². The molecular formula is C24H30O6. The molecule has 6 rings (SSSR count). The summed E-state index contributed by atoms with van der Waals surface area (Å²) >= 11 is 0. The van der Waals surface area contributed by atoms with Gasteiger partial charge in [-0.1, -0.05) is 25.5 Å². The van der Waals surface area contributed by atoms with E-state index in [4.69, 9.17) is 14.2 Å². The molecule has 6 heteroatoms. The van der Waals surface area contributed by atoms with Crippen molar-refractivity contribution in [3.63, 3.8) is 0 Å². The normalized spacial score (nSPS) is 53.2. The summed E-state index contributed by atoms with van der Waals surface area (Å²) < 4.78 is 17.7. The number of rotatable bonds is 1. The summed E-state index contributed by atoms with van der Waals surface area (Å²) in [7, 11) is 1.45.